The van der Waals surface area contributed by atoms with E-state index in [4.69, 9.17) is 4.74 Å². The summed E-state index contributed by atoms with van der Waals surface area (Å²) in [4.78, 5) is 56.3. The minimum atomic E-state index is -1.10. The highest BCUT2D eigenvalue weighted by molar-refractivity contribution is 6.01. The Morgan fingerprint density at radius 2 is 1.81 bits per heavy atom. The zero-order chi connectivity index (χ0) is 26.8. The number of nitrogens with zero attached hydrogens (tertiary/aromatic N) is 2. The number of carbonyl (C=O) groups excluding carboxylic acids is 4. The van der Waals surface area contributed by atoms with E-state index in [1.807, 2.05) is 13.8 Å². The lowest BCUT2D eigenvalue weighted by Gasteiger charge is -2.28. The Morgan fingerprint density at radius 3 is 2.54 bits per heavy atom. The molecule has 1 aromatic rings. The minimum Gasteiger partial charge on any atom is -0.491 e. The van der Waals surface area contributed by atoms with Crippen molar-refractivity contribution in [1.82, 2.24) is 25.8 Å². The highest BCUT2D eigenvalue weighted by Gasteiger charge is 2.30. The molecule has 2 atom stereocenters. The van der Waals surface area contributed by atoms with E-state index in [0.717, 1.165) is 25.9 Å². The van der Waals surface area contributed by atoms with E-state index >= 15 is 0 Å². The molecule has 0 radical (unpaired) electrons. The molecule has 0 aliphatic carbocycles. The minimum absolute atomic E-state index is 0.165. The van der Waals surface area contributed by atoms with Crippen molar-refractivity contribution in [3.63, 3.8) is 0 Å². The van der Waals surface area contributed by atoms with Crippen molar-refractivity contribution in [2.24, 2.45) is 5.92 Å². The molecule has 1 aromatic carbocycles. The Labute approximate surface area is 219 Å². The fourth-order valence-electron chi connectivity index (χ4n) is 4.67. The monoisotopic (exact) mass is 515 g/mol. The average molecular weight is 516 g/mol. The molecule has 10 heteroatoms. The molecule has 0 bridgehead atoms. The number of carbonyl (C=O) groups is 4. The van der Waals surface area contributed by atoms with Crippen molar-refractivity contribution in [2.45, 2.75) is 58.0 Å². The number of amides is 4. The number of piperidine rings is 1. The Kier molecular flexibility index (Phi) is 10.7. The standard InChI is InChI=1S/C27H41N5O5/c1-19(2)17-22-27(36)31(3)15-16-37-23-10-6-5-9-20(23)25(34)30-21(18-24(33)29-22)26(35)28-11-14-32-12-7-4-8-13-32/h5-6,9-10,19,21-22H,4,7-8,11-18H2,1-3H3,(H,28,35)(H,29,33)(H,30,34)/t21-,22-/m0/s1. The molecule has 0 unspecified atom stereocenters. The molecular weight excluding hydrogens is 474 g/mol. The van der Waals surface area contributed by atoms with Gasteiger partial charge in [-0.3, -0.25) is 19.2 Å². The molecule has 204 valence electrons. The van der Waals surface area contributed by atoms with Gasteiger partial charge in [-0.1, -0.05) is 32.4 Å². The third-order valence-corrected chi connectivity index (χ3v) is 6.72. The molecule has 2 aliphatic rings. The van der Waals surface area contributed by atoms with Gasteiger partial charge in [0, 0.05) is 20.1 Å². The van der Waals surface area contributed by atoms with E-state index in [-0.39, 0.29) is 30.4 Å². The number of hydrogen-bond acceptors (Lipinski definition) is 6. The first-order valence-electron chi connectivity index (χ1n) is 13.3. The Morgan fingerprint density at radius 1 is 1.08 bits per heavy atom. The predicted octanol–water partition coefficient (Wildman–Crippen LogP) is 1.16. The average Bonchev–Trinajstić information content (AvgIpc) is 2.87. The predicted molar refractivity (Wildman–Crippen MR) is 140 cm³/mol. The van der Waals surface area contributed by atoms with E-state index in [0.29, 0.717) is 31.8 Å². The number of ether oxygens (including phenoxy) is 1. The van der Waals surface area contributed by atoms with Crippen LogP contribution in [0.3, 0.4) is 0 Å². The van der Waals surface area contributed by atoms with Crippen LogP contribution in [-0.4, -0.2) is 91.9 Å². The van der Waals surface area contributed by atoms with Crippen LogP contribution in [0.4, 0.5) is 0 Å². The maximum absolute atomic E-state index is 13.2. The number of likely N-dealkylation sites (N-methyl/N-ethyl adjacent to an activating group) is 1. The summed E-state index contributed by atoms with van der Waals surface area (Å²) < 4.78 is 5.84. The van der Waals surface area contributed by atoms with E-state index < -0.39 is 29.8 Å². The second-order valence-corrected chi connectivity index (χ2v) is 10.3. The van der Waals surface area contributed by atoms with Crippen LogP contribution in [0.5, 0.6) is 5.75 Å². The fraction of sp³-hybridized carbons (Fsp3) is 0.630. The Hall–Kier alpha value is -3.14. The number of fused-ring (bicyclic) bond motifs is 1. The summed E-state index contributed by atoms with van der Waals surface area (Å²) >= 11 is 0. The molecule has 4 amide bonds. The smallest absolute Gasteiger partial charge is 0.255 e. The van der Waals surface area contributed by atoms with Crippen molar-refractivity contribution in [1.29, 1.82) is 0 Å². The summed E-state index contributed by atoms with van der Waals surface area (Å²) in [5.41, 5.74) is 0.262. The molecule has 10 nitrogen and oxygen atoms in total. The third kappa shape index (κ3) is 8.73. The van der Waals surface area contributed by atoms with Crippen LogP contribution >= 0.6 is 0 Å². The van der Waals surface area contributed by atoms with Gasteiger partial charge in [-0.05, 0) is 50.4 Å². The van der Waals surface area contributed by atoms with Crippen molar-refractivity contribution >= 4 is 23.6 Å². The molecule has 37 heavy (non-hydrogen) atoms. The van der Waals surface area contributed by atoms with Gasteiger partial charge in [-0.25, -0.2) is 0 Å². The summed E-state index contributed by atoms with van der Waals surface area (Å²) in [6.07, 6.45) is 3.71. The van der Waals surface area contributed by atoms with Crippen molar-refractivity contribution < 1.29 is 23.9 Å². The van der Waals surface area contributed by atoms with Gasteiger partial charge in [0.2, 0.25) is 17.7 Å². The maximum Gasteiger partial charge on any atom is 0.255 e. The number of rotatable bonds is 6. The molecule has 3 rings (SSSR count). The number of para-hydroxylation sites is 1. The first-order chi connectivity index (χ1) is 17.7. The summed E-state index contributed by atoms with van der Waals surface area (Å²) in [6.45, 7) is 7.58. The lowest BCUT2D eigenvalue weighted by Crippen LogP contribution is -2.53. The second-order valence-electron chi connectivity index (χ2n) is 10.3. The molecule has 0 aromatic heterocycles. The number of hydrogen-bond donors (Lipinski definition) is 3. The maximum atomic E-state index is 13.2. The molecule has 1 saturated heterocycles. The molecule has 2 heterocycles. The van der Waals surface area contributed by atoms with Crippen LogP contribution in [0.15, 0.2) is 24.3 Å². The van der Waals surface area contributed by atoms with Gasteiger partial charge in [0.1, 0.15) is 24.4 Å². The third-order valence-electron chi connectivity index (χ3n) is 6.72. The van der Waals surface area contributed by atoms with Crippen molar-refractivity contribution in [3.8, 4) is 5.75 Å². The van der Waals surface area contributed by atoms with E-state index in [1.54, 1.807) is 31.3 Å². The van der Waals surface area contributed by atoms with Gasteiger partial charge in [0.05, 0.1) is 18.5 Å². The first-order valence-corrected chi connectivity index (χ1v) is 13.3. The van der Waals surface area contributed by atoms with Gasteiger partial charge in [0.15, 0.2) is 0 Å². The normalized spacial score (nSPS) is 22.4. The fourth-order valence-corrected chi connectivity index (χ4v) is 4.67. The highest BCUT2D eigenvalue weighted by Crippen LogP contribution is 2.19. The largest absolute Gasteiger partial charge is 0.491 e. The molecule has 2 aliphatic heterocycles. The zero-order valence-corrected chi connectivity index (χ0v) is 22.3. The first kappa shape index (κ1) is 28.4. The summed E-state index contributed by atoms with van der Waals surface area (Å²) in [5.74, 6) is -1.11. The summed E-state index contributed by atoms with van der Waals surface area (Å²) in [5, 5.41) is 8.40. The number of likely N-dealkylation sites (tertiary alicyclic amines) is 1. The Bertz CT molecular complexity index is 947. The van der Waals surface area contributed by atoms with Gasteiger partial charge in [0.25, 0.3) is 5.91 Å². The van der Waals surface area contributed by atoms with Crippen LogP contribution < -0.4 is 20.7 Å². The van der Waals surface area contributed by atoms with Crippen LogP contribution in [0.2, 0.25) is 0 Å². The lowest BCUT2D eigenvalue weighted by atomic mass is 10.0. The van der Waals surface area contributed by atoms with E-state index in [9.17, 15) is 19.2 Å². The number of nitrogens with one attached hydrogen (secondary N) is 3. The summed E-state index contributed by atoms with van der Waals surface area (Å²) in [7, 11) is 1.66. The quantitative estimate of drug-likeness (QED) is 0.523. The zero-order valence-electron chi connectivity index (χ0n) is 22.3. The molecule has 1 fully saturated rings. The Balaban J connectivity index is 1.78. The van der Waals surface area contributed by atoms with Gasteiger partial charge < -0.3 is 30.5 Å². The SMILES string of the molecule is CC(C)C[C@@H]1NC(=O)C[C@@H](C(=O)NCCN2CCCCC2)NC(=O)c2ccccc2OCCN(C)C1=O. The van der Waals surface area contributed by atoms with Crippen LogP contribution in [-0.2, 0) is 14.4 Å². The topological polar surface area (TPSA) is 120 Å². The molecule has 3 N–H and O–H groups in total. The van der Waals surface area contributed by atoms with Gasteiger partial charge in [-0.2, -0.15) is 0 Å². The van der Waals surface area contributed by atoms with E-state index in [1.165, 1.54) is 11.3 Å². The van der Waals surface area contributed by atoms with Crippen LogP contribution in [0.25, 0.3) is 0 Å². The summed E-state index contributed by atoms with van der Waals surface area (Å²) in [6, 6.07) is 4.90. The second kappa shape index (κ2) is 14.0. The molecule has 0 saturated carbocycles. The van der Waals surface area contributed by atoms with Gasteiger partial charge >= 0.3 is 0 Å². The van der Waals surface area contributed by atoms with Crippen molar-refractivity contribution in [3.05, 3.63) is 29.8 Å². The molecule has 0 spiro atoms. The molecular formula is C27H41N5O5. The van der Waals surface area contributed by atoms with E-state index in [2.05, 4.69) is 20.9 Å². The lowest BCUT2D eigenvalue weighted by molar-refractivity contribution is -0.136. The van der Waals surface area contributed by atoms with Crippen molar-refractivity contribution in [2.75, 3.05) is 46.4 Å². The van der Waals surface area contributed by atoms with Crippen LogP contribution in [0.1, 0.15) is 56.3 Å². The van der Waals surface area contributed by atoms with Crippen LogP contribution in [0, 0.1) is 5.92 Å². The highest BCUT2D eigenvalue weighted by atomic mass is 16.5. The van der Waals surface area contributed by atoms with Gasteiger partial charge in [-0.15, -0.1) is 0 Å². The number of benzene rings is 1.